The van der Waals surface area contributed by atoms with E-state index in [2.05, 4.69) is 40.2 Å². The molecule has 0 heterocycles. The molecule has 1 N–H and O–H groups in total. The summed E-state index contributed by atoms with van der Waals surface area (Å²) in [5, 5.41) is 13.3. The number of aliphatic hydroxyl groups is 1. The van der Waals surface area contributed by atoms with Crippen molar-refractivity contribution in [1.82, 2.24) is 0 Å². The number of hydrogen-bond acceptors (Lipinski definition) is 1. The molecule has 0 bridgehead atoms. The van der Waals surface area contributed by atoms with Crippen LogP contribution in [0.15, 0.2) is 71.2 Å². The van der Waals surface area contributed by atoms with E-state index in [1.54, 1.807) is 0 Å². The second-order valence-electron chi connectivity index (χ2n) is 5.11. The van der Waals surface area contributed by atoms with Gasteiger partial charge in [-0.2, -0.15) is 0 Å². The number of halogens is 1. The Morgan fingerprint density at radius 1 is 0.850 bits per heavy atom. The fourth-order valence-corrected chi connectivity index (χ4v) is 3.17. The Hall–Kier alpha value is -1.64. The molecule has 0 fully saturated rings. The van der Waals surface area contributed by atoms with E-state index in [4.69, 9.17) is 0 Å². The summed E-state index contributed by atoms with van der Waals surface area (Å²) in [7, 11) is 0. The molecule has 1 atom stereocenters. The van der Waals surface area contributed by atoms with Crippen molar-refractivity contribution in [3.8, 4) is 0 Å². The first-order chi connectivity index (χ1) is 9.59. The summed E-state index contributed by atoms with van der Waals surface area (Å²) in [5.41, 5.74) is 0.739. The van der Waals surface area contributed by atoms with Gasteiger partial charge >= 0.3 is 0 Å². The van der Waals surface area contributed by atoms with Gasteiger partial charge in [0.1, 0.15) is 5.60 Å². The smallest absolute Gasteiger partial charge is 0.113 e. The Labute approximate surface area is 127 Å². The topological polar surface area (TPSA) is 20.2 Å². The normalized spacial score (nSPS) is 14.2. The average Bonchev–Trinajstić information content (AvgIpc) is 2.47. The summed E-state index contributed by atoms with van der Waals surface area (Å²) < 4.78 is 0.915. The van der Waals surface area contributed by atoms with Crippen LogP contribution in [0.1, 0.15) is 18.1 Å². The third kappa shape index (κ3) is 2.26. The van der Waals surface area contributed by atoms with Gasteiger partial charge in [-0.25, -0.2) is 0 Å². The first-order valence-electron chi connectivity index (χ1n) is 6.56. The first-order valence-corrected chi connectivity index (χ1v) is 7.35. The Morgan fingerprint density at radius 2 is 1.50 bits per heavy atom. The third-order valence-electron chi connectivity index (χ3n) is 3.71. The Kier molecular flexibility index (Phi) is 3.36. The van der Waals surface area contributed by atoms with Crippen molar-refractivity contribution in [3.63, 3.8) is 0 Å². The Bertz CT molecular complexity index is 762. The molecule has 0 saturated carbocycles. The van der Waals surface area contributed by atoms with Gasteiger partial charge in [-0.15, -0.1) is 0 Å². The average molecular weight is 327 g/mol. The lowest BCUT2D eigenvalue weighted by molar-refractivity contribution is 0.102. The fourth-order valence-electron chi connectivity index (χ4n) is 2.50. The summed E-state index contributed by atoms with van der Waals surface area (Å²) in [6.45, 7) is 1.83. The molecule has 3 aromatic carbocycles. The highest BCUT2D eigenvalue weighted by Crippen LogP contribution is 2.35. The Balaban J connectivity index is 2.16. The number of hydrogen-bond donors (Lipinski definition) is 1. The minimum atomic E-state index is -1.02. The number of benzene rings is 3. The van der Waals surface area contributed by atoms with Crippen molar-refractivity contribution >= 4 is 26.7 Å². The van der Waals surface area contributed by atoms with Crippen molar-refractivity contribution in [1.29, 1.82) is 0 Å². The van der Waals surface area contributed by atoms with Crippen molar-refractivity contribution in [3.05, 3.63) is 82.3 Å². The zero-order valence-corrected chi connectivity index (χ0v) is 12.8. The predicted octanol–water partition coefficient (Wildman–Crippen LogP) is 4.86. The van der Waals surface area contributed by atoms with E-state index < -0.39 is 5.60 Å². The van der Waals surface area contributed by atoms with Crippen LogP contribution in [0.4, 0.5) is 0 Å². The van der Waals surface area contributed by atoms with Gasteiger partial charge in [0.25, 0.3) is 0 Å². The standard InChI is InChI=1S/C18H15BrO/c1-18(20,16-8-4-5-9-17(16)19)15-11-10-13-6-2-3-7-14(13)12-15/h2-12,20H,1H3. The lowest BCUT2D eigenvalue weighted by Crippen LogP contribution is -2.23. The van der Waals surface area contributed by atoms with E-state index in [9.17, 15) is 5.11 Å². The molecular formula is C18H15BrO. The van der Waals surface area contributed by atoms with Crippen molar-refractivity contribution in [2.75, 3.05) is 0 Å². The minimum absolute atomic E-state index is 0.871. The first kappa shape index (κ1) is 13.3. The summed E-state index contributed by atoms with van der Waals surface area (Å²) in [6.07, 6.45) is 0. The van der Waals surface area contributed by atoms with Gasteiger partial charge in [-0.3, -0.25) is 0 Å². The van der Waals surface area contributed by atoms with Crippen LogP contribution in [0.5, 0.6) is 0 Å². The van der Waals surface area contributed by atoms with E-state index in [0.29, 0.717) is 0 Å². The van der Waals surface area contributed by atoms with Crippen LogP contribution < -0.4 is 0 Å². The zero-order valence-electron chi connectivity index (χ0n) is 11.2. The van der Waals surface area contributed by atoms with Crippen molar-refractivity contribution in [2.45, 2.75) is 12.5 Å². The molecule has 2 heteroatoms. The van der Waals surface area contributed by atoms with Gasteiger partial charge < -0.3 is 5.11 Å². The van der Waals surface area contributed by atoms with E-state index in [0.717, 1.165) is 21.0 Å². The van der Waals surface area contributed by atoms with Gasteiger partial charge in [-0.1, -0.05) is 70.5 Å². The van der Waals surface area contributed by atoms with Gasteiger partial charge in [0.2, 0.25) is 0 Å². The molecule has 0 aliphatic rings. The van der Waals surface area contributed by atoms with Gasteiger partial charge in [-0.05, 0) is 35.4 Å². The molecule has 0 spiro atoms. The largest absolute Gasteiger partial charge is 0.381 e. The van der Waals surface area contributed by atoms with Crippen LogP contribution in [-0.4, -0.2) is 5.11 Å². The van der Waals surface area contributed by atoms with Gasteiger partial charge in [0.15, 0.2) is 0 Å². The maximum atomic E-state index is 11.0. The Morgan fingerprint density at radius 3 is 2.25 bits per heavy atom. The highest BCUT2D eigenvalue weighted by molar-refractivity contribution is 9.10. The highest BCUT2D eigenvalue weighted by atomic mass is 79.9. The van der Waals surface area contributed by atoms with Crippen LogP contribution in [0.3, 0.4) is 0 Å². The third-order valence-corrected chi connectivity index (χ3v) is 4.40. The molecule has 0 radical (unpaired) electrons. The molecule has 0 aliphatic heterocycles. The monoisotopic (exact) mass is 326 g/mol. The molecule has 100 valence electrons. The van der Waals surface area contributed by atoms with E-state index >= 15 is 0 Å². The quantitative estimate of drug-likeness (QED) is 0.713. The van der Waals surface area contributed by atoms with Crippen LogP contribution >= 0.6 is 15.9 Å². The molecule has 0 aromatic heterocycles. The molecule has 3 aromatic rings. The van der Waals surface area contributed by atoms with E-state index in [1.807, 2.05) is 49.4 Å². The zero-order chi connectivity index (χ0) is 14.2. The van der Waals surface area contributed by atoms with Crippen LogP contribution in [-0.2, 0) is 5.60 Å². The second kappa shape index (κ2) is 5.04. The molecular weight excluding hydrogens is 312 g/mol. The molecule has 20 heavy (non-hydrogen) atoms. The van der Waals surface area contributed by atoms with E-state index in [1.165, 1.54) is 5.39 Å². The predicted molar refractivity (Wildman–Crippen MR) is 86.8 cm³/mol. The van der Waals surface area contributed by atoms with Crippen LogP contribution in [0, 0.1) is 0 Å². The van der Waals surface area contributed by atoms with Crippen LogP contribution in [0.25, 0.3) is 10.8 Å². The summed E-state index contributed by atoms with van der Waals surface area (Å²) in [5.74, 6) is 0. The molecule has 0 aliphatic carbocycles. The van der Waals surface area contributed by atoms with Crippen molar-refractivity contribution < 1.29 is 5.11 Å². The second-order valence-corrected chi connectivity index (χ2v) is 5.97. The SMILES string of the molecule is CC(O)(c1ccc2ccccc2c1)c1ccccc1Br. The lowest BCUT2D eigenvalue weighted by Gasteiger charge is -2.26. The summed E-state index contributed by atoms with van der Waals surface area (Å²) in [6, 6.07) is 22.0. The molecule has 0 amide bonds. The number of rotatable bonds is 2. The molecule has 1 nitrogen and oxygen atoms in total. The fraction of sp³-hybridized carbons (Fsp3) is 0.111. The lowest BCUT2D eigenvalue weighted by atomic mass is 9.87. The van der Waals surface area contributed by atoms with Gasteiger partial charge in [0.05, 0.1) is 0 Å². The summed E-state index contributed by atoms with van der Waals surface area (Å²) in [4.78, 5) is 0. The van der Waals surface area contributed by atoms with Crippen molar-refractivity contribution in [2.24, 2.45) is 0 Å². The maximum absolute atomic E-state index is 11.0. The van der Waals surface area contributed by atoms with Gasteiger partial charge in [0, 0.05) is 10.0 Å². The molecule has 3 rings (SSSR count). The van der Waals surface area contributed by atoms with Crippen LogP contribution in [0.2, 0.25) is 0 Å². The molecule has 0 saturated heterocycles. The highest BCUT2D eigenvalue weighted by Gasteiger charge is 2.27. The number of fused-ring (bicyclic) bond motifs is 1. The molecule has 1 unspecified atom stereocenters. The maximum Gasteiger partial charge on any atom is 0.113 e. The minimum Gasteiger partial charge on any atom is -0.381 e. The summed E-state index contributed by atoms with van der Waals surface area (Å²) >= 11 is 3.52. The van der Waals surface area contributed by atoms with E-state index in [-0.39, 0.29) is 0 Å².